The number of nitrogens with two attached hydrogens (primary N) is 1. The molecule has 1 aliphatic heterocycles. The molecule has 1 aromatic carbocycles. The van der Waals surface area contributed by atoms with Gasteiger partial charge >= 0.3 is 0 Å². The fraction of sp³-hybridized carbons (Fsp3) is 0.467. The highest BCUT2D eigenvalue weighted by Gasteiger charge is 2.16. The summed E-state index contributed by atoms with van der Waals surface area (Å²) in [6.45, 7) is 3.14. The van der Waals surface area contributed by atoms with Crippen LogP contribution >= 0.6 is 0 Å². The van der Waals surface area contributed by atoms with Crippen LogP contribution in [0.3, 0.4) is 0 Å². The van der Waals surface area contributed by atoms with E-state index in [0.29, 0.717) is 37.4 Å². The lowest BCUT2D eigenvalue weighted by Gasteiger charge is -2.05. The van der Waals surface area contributed by atoms with Crippen LogP contribution < -0.4 is 5.73 Å². The molecule has 1 fully saturated rings. The van der Waals surface area contributed by atoms with Crippen LogP contribution in [0, 0.1) is 5.92 Å². The number of hydrogen-bond donors (Lipinski definition) is 1. The minimum absolute atomic E-state index is 0.338. The zero-order valence-electron chi connectivity index (χ0n) is 11.8. The highest BCUT2D eigenvalue weighted by molar-refractivity contribution is 5.54. The SMILES string of the molecule is NCc1ccc(-c2noc(COCC3CCOC3)n2)cc1. The summed E-state index contributed by atoms with van der Waals surface area (Å²) >= 11 is 0. The van der Waals surface area contributed by atoms with E-state index in [9.17, 15) is 0 Å². The maximum Gasteiger partial charge on any atom is 0.252 e. The van der Waals surface area contributed by atoms with Gasteiger partial charge in [0.1, 0.15) is 6.61 Å². The zero-order valence-corrected chi connectivity index (χ0v) is 11.8. The van der Waals surface area contributed by atoms with Crippen LogP contribution in [0.2, 0.25) is 0 Å². The average Bonchev–Trinajstić information content (AvgIpc) is 3.19. The molecule has 0 bridgehead atoms. The molecule has 0 spiro atoms. The number of rotatable bonds is 6. The minimum Gasteiger partial charge on any atom is -0.381 e. The van der Waals surface area contributed by atoms with Gasteiger partial charge in [-0.15, -0.1) is 0 Å². The van der Waals surface area contributed by atoms with E-state index >= 15 is 0 Å². The van der Waals surface area contributed by atoms with E-state index < -0.39 is 0 Å². The van der Waals surface area contributed by atoms with Crippen LogP contribution in [-0.4, -0.2) is 30.0 Å². The fourth-order valence-corrected chi connectivity index (χ4v) is 2.25. The third-order valence-electron chi connectivity index (χ3n) is 3.52. The Balaban J connectivity index is 1.54. The van der Waals surface area contributed by atoms with E-state index in [1.165, 1.54) is 0 Å². The fourth-order valence-electron chi connectivity index (χ4n) is 2.25. The summed E-state index contributed by atoms with van der Waals surface area (Å²) in [6, 6.07) is 7.80. The molecule has 1 atom stereocenters. The molecule has 2 heterocycles. The molecule has 1 unspecified atom stereocenters. The standard InChI is InChI=1S/C15H19N3O3/c16-7-11-1-3-13(4-2-11)15-17-14(21-18-15)10-20-9-12-5-6-19-8-12/h1-4,12H,5-10,16H2. The first-order valence-corrected chi connectivity index (χ1v) is 7.12. The first-order chi connectivity index (χ1) is 10.3. The quantitative estimate of drug-likeness (QED) is 0.872. The van der Waals surface area contributed by atoms with Crippen LogP contribution in [0.15, 0.2) is 28.8 Å². The molecular formula is C15H19N3O3. The normalized spacial score (nSPS) is 18.2. The predicted octanol–water partition coefficient (Wildman–Crippen LogP) is 1.75. The van der Waals surface area contributed by atoms with Gasteiger partial charge in [0.15, 0.2) is 0 Å². The molecule has 0 radical (unpaired) electrons. The van der Waals surface area contributed by atoms with E-state index in [0.717, 1.165) is 30.8 Å². The van der Waals surface area contributed by atoms with E-state index in [4.69, 9.17) is 19.7 Å². The molecule has 0 saturated carbocycles. The van der Waals surface area contributed by atoms with Gasteiger partial charge in [0.25, 0.3) is 5.89 Å². The summed E-state index contributed by atoms with van der Waals surface area (Å²) in [5.41, 5.74) is 7.56. The summed E-state index contributed by atoms with van der Waals surface area (Å²) in [4.78, 5) is 4.33. The van der Waals surface area contributed by atoms with Crippen molar-refractivity contribution in [2.24, 2.45) is 11.7 Å². The van der Waals surface area contributed by atoms with Crippen LogP contribution in [0.1, 0.15) is 17.9 Å². The second kappa shape index (κ2) is 6.80. The van der Waals surface area contributed by atoms with Gasteiger partial charge in [-0.25, -0.2) is 0 Å². The Morgan fingerprint density at radius 3 is 2.86 bits per heavy atom. The minimum atomic E-state index is 0.338. The van der Waals surface area contributed by atoms with E-state index in [-0.39, 0.29) is 0 Å². The highest BCUT2D eigenvalue weighted by atomic mass is 16.5. The summed E-state index contributed by atoms with van der Waals surface area (Å²) in [5.74, 6) is 1.55. The van der Waals surface area contributed by atoms with Gasteiger partial charge in [0, 0.05) is 24.6 Å². The second-order valence-electron chi connectivity index (χ2n) is 5.16. The smallest absolute Gasteiger partial charge is 0.252 e. The first-order valence-electron chi connectivity index (χ1n) is 7.12. The molecule has 0 amide bonds. The maximum absolute atomic E-state index is 5.60. The van der Waals surface area contributed by atoms with Crippen LogP contribution in [0.5, 0.6) is 0 Å². The summed E-state index contributed by atoms with van der Waals surface area (Å²) in [7, 11) is 0. The Kier molecular flexibility index (Phi) is 4.59. The number of aromatic nitrogens is 2. The predicted molar refractivity (Wildman–Crippen MR) is 76.2 cm³/mol. The zero-order chi connectivity index (χ0) is 14.5. The van der Waals surface area contributed by atoms with Crippen molar-refractivity contribution in [3.63, 3.8) is 0 Å². The van der Waals surface area contributed by atoms with Crippen LogP contribution in [0.4, 0.5) is 0 Å². The topological polar surface area (TPSA) is 83.4 Å². The molecule has 2 N–H and O–H groups in total. The lowest BCUT2D eigenvalue weighted by molar-refractivity contribution is 0.0635. The number of hydrogen-bond acceptors (Lipinski definition) is 6. The van der Waals surface area contributed by atoms with Crippen molar-refractivity contribution >= 4 is 0 Å². The van der Waals surface area contributed by atoms with Crippen molar-refractivity contribution in [1.82, 2.24) is 10.1 Å². The van der Waals surface area contributed by atoms with Crippen molar-refractivity contribution in [2.45, 2.75) is 19.6 Å². The lowest BCUT2D eigenvalue weighted by atomic mass is 10.1. The summed E-state index contributed by atoms with van der Waals surface area (Å²) < 4.78 is 16.1. The van der Waals surface area contributed by atoms with Gasteiger partial charge in [0.05, 0.1) is 13.2 Å². The molecule has 1 aromatic heterocycles. The Bertz CT molecular complexity index is 562. The van der Waals surface area contributed by atoms with Gasteiger partial charge in [-0.1, -0.05) is 29.4 Å². The Morgan fingerprint density at radius 1 is 1.29 bits per heavy atom. The number of ether oxygens (including phenoxy) is 2. The Morgan fingerprint density at radius 2 is 2.14 bits per heavy atom. The number of benzene rings is 1. The monoisotopic (exact) mass is 289 g/mol. The van der Waals surface area contributed by atoms with Gasteiger partial charge in [-0.2, -0.15) is 4.98 Å². The molecule has 6 nitrogen and oxygen atoms in total. The van der Waals surface area contributed by atoms with E-state index in [1.54, 1.807) is 0 Å². The molecule has 6 heteroatoms. The largest absolute Gasteiger partial charge is 0.381 e. The third kappa shape index (κ3) is 3.66. The lowest BCUT2D eigenvalue weighted by Crippen LogP contribution is -2.09. The van der Waals surface area contributed by atoms with Gasteiger partial charge in [-0.3, -0.25) is 0 Å². The Labute approximate surface area is 123 Å². The van der Waals surface area contributed by atoms with Crippen molar-refractivity contribution in [1.29, 1.82) is 0 Å². The van der Waals surface area contributed by atoms with Crippen molar-refractivity contribution < 1.29 is 14.0 Å². The van der Waals surface area contributed by atoms with E-state index in [2.05, 4.69) is 10.1 Å². The molecule has 21 heavy (non-hydrogen) atoms. The molecule has 1 aliphatic rings. The third-order valence-corrected chi connectivity index (χ3v) is 3.52. The van der Waals surface area contributed by atoms with Gasteiger partial charge in [0.2, 0.25) is 5.82 Å². The molecule has 0 aliphatic carbocycles. The molecule has 3 rings (SSSR count). The van der Waals surface area contributed by atoms with E-state index in [1.807, 2.05) is 24.3 Å². The number of nitrogens with zero attached hydrogens (tertiary/aromatic N) is 2. The van der Waals surface area contributed by atoms with Gasteiger partial charge < -0.3 is 19.7 Å². The molecule has 1 saturated heterocycles. The highest BCUT2D eigenvalue weighted by Crippen LogP contribution is 2.17. The van der Waals surface area contributed by atoms with Crippen molar-refractivity contribution in [3.8, 4) is 11.4 Å². The Hall–Kier alpha value is -1.76. The first kappa shape index (κ1) is 14.2. The van der Waals surface area contributed by atoms with Crippen LogP contribution in [0.25, 0.3) is 11.4 Å². The average molecular weight is 289 g/mol. The molecule has 112 valence electrons. The summed E-state index contributed by atoms with van der Waals surface area (Å²) in [6.07, 6.45) is 1.06. The molecule has 2 aromatic rings. The maximum atomic E-state index is 5.60. The van der Waals surface area contributed by atoms with Gasteiger partial charge in [-0.05, 0) is 12.0 Å². The van der Waals surface area contributed by atoms with Crippen molar-refractivity contribution in [3.05, 3.63) is 35.7 Å². The van der Waals surface area contributed by atoms with Crippen molar-refractivity contribution in [2.75, 3.05) is 19.8 Å². The van der Waals surface area contributed by atoms with Crippen LogP contribution in [-0.2, 0) is 22.6 Å². The molecular weight excluding hydrogens is 270 g/mol. The summed E-state index contributed by atoms with van der Waals surface area (Å²) in [5, 5.41) is 3.97. The second-order valence-corrected chi connectivity index (χ2v) is 5.16.